The van der Waals surface area contributed by atoms with Crippen molar-refractivity contribution >= 4 is 29.1 Å². The van der Waals surface area contributed by atoms with Crippen molar-refractivity contribution in [3.8, 4) is 5.75 Å². The zero-order valence-electron chi connectivity index (χ0n) is 18.5. The fourth-order valence-corrected chi connectivity index (χ4v) is 5.79. The van der Waals surface area contributed by atoms with Gasteiger partial charge in [-0.25, -0.2) is 4.90 Å². The smallest absolute Gasteiger partial charge is 0.250 e. The molecule has 1 spiro atoms. The fraction of sp³-hybridized carbons (Fsp3) is 0.222. The van der Waals surface area contributed by atoms with Gasteiger partial charge >= 0.3 is 0 Å². The van der Waals surface area contributed by atoms with E-state index in [9.17, 15) is 14.4 Å². The molecule has 6 rings (SSSR count). The van der Waals surface area contributed by atoms with E-state index in [1.807, 2.05) is 54.6 Å². The number of ether oxygens (including phenoxy) is 1. The summed E-state index contributed by atoms with van der Waals surface area (Å²) in [5.74, 6) is -1.84. The maximum atomic E-state index is 13.9. The van der Waals surface area contributed by atoms with Crippen LogP contribution in [0.5, 0.6) is 5.75 Å². The molecule has 0 saturated carbocycles. The van der Waals surface area contributed by atoms with Crippen LogP contribution >= 0.6 is 0 Å². The number of hydrogen-bond acceptors (Lipinski definition) is 5. The van der Waals surface area contributed by atoms with Crippen LogP contribution in [-0.4, -0.2) is 30.9 Å². The van der Waals surface area contributed by atoms with Crippen molar-refractivity contribution < 1.29 is 19.1 Å². The molecular weight excluding hydrogens is 430 g/mol. The van der Waals surface area contributed by atoms with Gasteiger partial charge in [-0.05, 0) is 42.3 Å². The summed E-state index contributed by atoms with van der Waals surface area (Å²) < 4.78 is 5.22. The molecule has 7 nitrogen and oxygen atoms in total. The lowest BCUT2D eigenvalue weighted by Crippen LogP contribution is -2.53. The van der Waals surface area contributed by atoms with Gasteiger partial charge in [-0.3, -0.25) is 19.7 Å². The first-order valence-electron chi connectivity index (χ1n) is 11.3. The quantitative estimate of drug-likeness (QED) is 0.594. The number of fused-ring (bicyclic) bond motifs is 4. The Balaban J connectivity index is 1.48. The second-order valence-electron chi connectivity index (χ2n) is 8.96. The first kappa shape index (κ1) is 20.6. The minimum Gasteiger partial charge on any atom is -0.497 e. The largest absolute Gasteiger partial charge is 0.497 e. The number of hydrogen-bond donors (Lipinski definition) is 2. The highest BCUT2D eigenvalue weighted by Gasteiger charge is 2.70. The van der Waals surface area contributed by atoms with E-state index in [0.717, 1.165) is 5.56 Å². The van der Waals surface area contributed by atoms with E-state index in [4.69, 9.17) is 4.74 Å². The normalized spacial score (nSPS) is 27.1. The van der Waals surface area contributed by atoms with Gasteiger partial charge in [0, 0.05) is 17.3 Å². The summed E-state index contributed by atoms with van der Waals surface area (Å²) in [4.78, 5) is 42.5. The number of anilines is 2. The van der Waals surface area contributed by atoms with Gasteiger partial charge in [-0.2, -0.15) is 0 Å². The number of imide groups is 1. The molecule has 2 saturated heterocycles. The number of para-hydroxylation sites is 1. The van der Waals surface area contributed by atoms with E-state index >= 15 is 0 Å². The summed E-state index contributed by atoms with van der Waals surface area (Å²) in [6.07, 6.45) is 0.522. The Morgan fingerprint density at radius 3 is 2.32 bits per heavy atom. The Morgan fingerprint density at radius 1 is 0.882 bits per heavy atom. The van der Waals surface area contributed by atoms with Crippen molar-refractivity contribution in [1.82, 2.24) is 5.32 Å². The number of nitrogens with zero attached hydrogens (tertiary/aromatic N) is 1. The second kappa shape index (κ2) is 7.53. The summed E-state index contributed by atoms with van der Waals surface area (Å²) in [7, 11) is 1.56. The molecule has 3 heterocycles. The van der Waals surface area contributed by atoms with Gasteiger partial charge in [-0.15, -0.1) is 0 Å². The fourth-order valence-electron chi connectivity index (χ4n) is 5.79. The zero-order valence-corrected chi connectivity index (χ0v) is 18.5. The number of carbonyl (C=O) groups excluding carboxylic acids is 3. The summed E-state index contributed by atoms with van der Waals surface area (Å²) >= 11 is 0. The molecule has 0 aromatic heterocycles. The third-order valence-corrected chi connectivity index (χ3v) is 7.25. The number of methoxy groups -OCH3 is 1. The molecule has 2 fully saturated rings. The van der Waals surface area contributed by atoms with Crippen LogP contribution in [0.4, 0.5) is 11.4 Å². The minimum atomic E-state index is -1.30. The van der Waals surface area contributed by atoms with Crippen LogP contribution in [0.3, 0.4) is 0 Å². The molecule has 7 heteroatoms. The molecular formula is C27H23N3O4. The van der Waals surface area contributed by atoms with Crippen LogP contribution in [0.2, 0.25) is 0 Å². The lowest BCUT2D eigenvalue weighted by molar-refractivity contribution is -0.130. The predicted octanol–water partition coefficient (Wildman–Crippen LogP) is 2.86. The van der Waals surface area contributed by atoms with Gasteiger partial charge < -0.3 is 10.1 Å². The standard InChI is InChI=1S/C27H23N3O4/c1-34-18-13-11-17(12-14-18)30-24(31)22-21(15-16-7-3-2-4-8-16)29-27(23(22)25(30)32)19-9-5-6-10-20(19)28-26(27)33/h2-14,21-23,29H,15H2,1H3,(H,28,33). The predicted molar refractivity (Wildman–Crippen MR) is 126 cm³/mol. The van der Waals surface area contributed by atoms with Crippen molar-refractivity contribution in [3.63, 3.8) is 0 Å². The first-order valence-corrected chi connectivity index (χ1v) is 11.3. The molecule has 0 bridgehead atoms. The van der Waals surface area contributed by atoms with Gasteiger partial charge in [0.1, 0.15) is 11.3 Å². The number of benzene rings is 3. The van der Waals surface area contributed by atoms with Crippen LogP contribution in [0.15, 0.2) is 78.9 Å². The summed E-state index contributed by atoms with van der Waals surface area (Å²) in [6, 6.07) is 23.6. The number of nitrogens with one attached hydrogen (secondary N) is 2. The molecule has 4 atom stereocenters. The molecule has 4 unspecified atom stereocenters. The van der Waals surface area contributed by atoms with Gasteiger partial charge in [0.2, 0.25) is 17.7 Å². The Kier molecular flexibility index (Phi) is 4.57. The molecule has 3 aromatic carbocycles. The molecule has 3 amide bonds. The maximum Gasteiger partial charge on any atom is 0.250 e. The van der Waals surface area contributed by atoms with Crippen molar-refractivity contribution in [3.05, 3.63) is 90.0 Å². The molecule has 2 N–H and O–H groups in total. The van der Waals surface area contributed by atoms with Crippen LogP contribution < -0.4 is 20.3 Å². The van der Waals surface area contributed by atoms with E-state index in [1.54, 1.807) is 31.4 Å². The van der Waals surface area contributed by atoms with Crippen LogP contribution in [0, 0.1) is 11.8 Å². The Bertz CT molecular complexity index is 1310. The van der Waals surface area contributed by atoms with Gasteiger partial charge in [0.25, 0.3) is 0 Å². The third kappa shape index (κ3) is 2.77. The summed E-state index contributed by atoms with van der Waals surface area (Å²) in [6.45, 7) is 0. The van der Waals surface area contributed by atoms with Crippen LogP contribution in [-0.2, 0) is 26.3 Å². The van der Waals surface area contributed by atoms with Crippen LogP contribution in [0.1, 0.15) is 11.1 Å². The highest BCUT2D eigenvalue weighted by Crippen LogP contribution is 2.53. The topological polar surface area (TPSA) is 87.7 Å². The van der Waals surface area contributed by atoms with Crippen molar-refractivity contribution in [2.75, 3.05) is 17.3 Å². The lowest BCUT2D eigenvalue weighted by Gasteiger charge is -2.29. The minimum absolute atomic E-state index is 0.289. The summed E-state index contributed by atoms with van der Waals surface area (Å²) in [5.41, 5.74) is 1.59. The monoisotopic (exact) mass is 453 g/mol. The Labute approximate surface area is 196 Å². The van der Waals surface area contributed by atoms with Crippen molar-refractivity contribution in [2.45, 2.75) is 18.0 Å². The van der Waals surface area contributed by atoms with E-state index in [2.05, 4.69) is 10.6 Å². The molecule has 0 radical (unpaired) electrons. The van der Waals surface area contributed by atoms with E-state index < -0.39 is 17.4 Å². The zero-order chi connectivity index (χ0) is 23.4. The van der Waals surface area contributed by atoms with Gasteiger partial charge in [-0.1, -0.05) is 48.5 Å². The van der Waals surface area contributed by atoms with E-state index in [-0.39, 0.29) is 23.8 Å². The molecule has 3 aromatic rings. The molecule has 0 aliphatic carbocycles. The number of carbonyl (C=O) groups is 3. The first-order chi connectivity index (χ1) is 16.5. The average molecular weight is 453 g/mol. The van der Waals surface area contributed by atoms with Gasteiger partial charge in [0.15, 0.2) is 0 Å². The average Bonchev–Trinajstić information content (AvgIpc) is 3.44. The Morgan fingerprint density at radius 2 is 1.59 bits per heavy atom. The van der Waals surface area contributed by atoms with Crippen molar-refractivity contribution in [2.24, 2.45) is 11.8 Å². The lowest BCUT2D eigenvalue weighted by atomic mass is 9.76. The SMILES string of the molecule is COc1ccc(N2C(=O)C3C(Cc4ccccc4)NC4(C(=O)Nc5ccccc54)C3C2=O)cc1. The highest BCUT2D eigenvalue weighted by atomic mass is 16.5. The third-order valence-electron chi connectivity index (χ3n) is 7.25. The van der Waals surface area contributed by atoms with Gasteiger partial charge in [0.05, 0.1) is 24.6 Å². The van der Waals surface area contributed by atoms with E-state index in [0.29, 0.717) is 29.1 Å². The summed E-state index contributed by atoms with van der Waals surface area (Å²) in [5, 5.41) is 6.41. The number of rotatable bonds is 4. The molecule has 170 valence electrons. The molecule has 3 aliphatic heterocycles. The molecule has 3 aliphatic rings. The highest BCUT2D eigenvalue weighted by molar-refractivity contribution is 6.25. The molecule has 34 heavy (non-hydrogen) atoms. The van der Waals surface area contributed by atoms with Crippen LogP contribution in [0.25, 0.3) is 0 Å². The van der Waals surface area contributed by atoms with Crippen molar-refractivity contribution in [1.29, 1.82) is 0 Å². The second-order valence-corrected chi connectivity index (χ2v) is 8.96. The number of amides is 3. The Hall–Kier alpha value is -3.97. The maximum absolute atomic E-state index is 13.9. The van der Waals surface area contributed by atoms with E-state index in [1.165, 1.54) is 4.90 Å².